The number of benzene rings is 6. The number of carbonyl (C=O) groups is 2. The standard InChI is InChI=1S/C51H38N4O2/c1-5-41(32(2)30-52-4)36-19-21-43-44-22-20-37(42-23-24-53-31-33(42)3)29-48(44)55(47(43)28-36)46-18-12-17-45-49(46)51(57)54(50(45)56)40-26-38(34-13-8-6-9-14-34)25-39(27-40)35-15-10-7-11-16-35/h5-31H,4H2,1-3H3/b32-30-,41-5+. The molecule has 2 aromatic heterocycles. The Morgan fingerprint density at radius 2 is 1.33 bits per heavy atom. The lowest BCUT2D eigenvalue weighted by atomic mass is 9.97. The molecule has 0 atom stereocenters. The van der Waals surface area contributed by atoms with Gasteiger partial charge in [-0.2, -0.15) is 0 Å². The number of fused-ring (bicyclic) bond motifs is 4. The van der Waals surface area contributed by atoms with E-state index in [4.69, 9.17) is 0 Å². The number of aryl methyl sites for hydroxylation is 1. The maximum atomic E-state index is 15.1. The minimum Gasteiger partial charge on any atom is -0.308 e. The lowest BCUT2D eigenvalue weighted by Crippen LogP contribution is -2.29. The number of aliphatic imine (C=N–C) groups is 1. The van der Waals surface area contributed by atoms with Crippen LogP contribution in [-0.4, -0.2) is 28.1 Å². The zero-order valence-corrected chi connectivity index (χ0v) is 31.9. The van der Waals surface area contributed by atoms with Crippen LogP contribution in [0.2, 0.25) is 0 Å². The Morgan fingerprint density at radius 1 is 0.667 bits per heavy atom. The molecule has 0 N–H and O–H groups in total. The number of hydrogen-bond acceptors (Lipinski definition) is 4. The monoisotopic (exact) mass is 738 g/mol. The zero-order valence-electron chi connectivity index (χ0n) is 31.9. The predicted octanol–water partition coefficient (Wildman–Crippen LogP) is 12.3. The Balaban J connectivity index is 1.28. The maximum Gasteiger partial charge on any atom is 0.268 e. The smallest absolute Gasteiger partial charge is 0.268 e. The molecule has 0 aliphatic carbocycles. The average Bonchev–Trinajstić information content (AvgIpc) is 3.71. The average molecular weight is 739 g/mol. The van der Waals surface area contributed by atoms with Crippen LogP contribution in [0, 0.1) is 6.92 Å². The molecular formula is C51H38N4O2. The molecule has 3 heterocycles. The highest BCUT2D eigenvalue weighted by Gasteiger charge is 2.40. The molecule has 0 unspecified atom stereocenters. The Labute approximate surface area is 331 Å². The van der Waals surface area contributed by atoms with E-state index in [2.05, 4.69) is 76.7 Å². The van der Waals surface area contributed by atoms with Crippen LogP contribution < -0.4 is 4.90 Å². The number of aromatic nitrogens is 2. The second kappa shape index (κ2) is 14.3. The van der Waals surface area contributed by atoms with Crippen LogP contribution in [0.15, 0.2) is 175 Å². The molecule has 0 saturated carbocycles. The van der Waals surface area contributed by atoms with Crippen LogP contribution in [0.25, 0.3) is 66.4 Å². The van der Waals surface area contributed by atoms with Gasteiger partial charge in [-0.3, -0.25) is 19.6 Å². The van der Waals surface area contributed by atoms with E-state index in [-0.39, 0.29) is 11.8 Å². The van der Waals surface area contributed by atoms with Crippen LogP contribution in [-0.2, 0) is 0 Å². The first-order chi connectivity index (χ1) is 27.9. The summed E-state index contributed by atoms with van der Waals surface area (Å²) >= 11 is 0. The van der Waals surface area contributed by atoms with Crippen molar-refractivity contribution in [1.82, 2.24) is 9.55 Å². The minimum absolute atomic E-state index is 0.357. The number of allylic oxidation sites excluding steroid dienone is 3. The summed E-state index contributed by atoms with van der Waals surface area (Å²) < 4.78 is 2.15. The van der Waals surface area contributed by atoms with Crippen molar-refractivity contribution in [2.45, 2.75) is 20.8 Å². The van der Waals surface area contributed by atoms with Crippen molar-refractivity contribution in [3.63, 3.8) is 0 Å². The third-order valence-electron chi connectivity index (χ3n) is 10.9. The van der Waals surface area contributed by atoms with Gasteiger partial charge in [0.05, 0.1) is 33.5 Å². The fourth-order valence-electron chi connectivity index (χ4n) is 8.26. The van der Waals surface area contributed by atoms with Crippen LogP contribution in [0.1, 0.15) is 45.7 Å². The number of carbonyl (C=O) groups excluding carboxylic acids is 2. The Bertz CT molecular complexity index is 2930. The first-order valence-electron chi connectivity index (χ1n) is 18.9. The van der Waals surface area contributed by atoms with Gasteiger partial charge in [-0.25, -0.2) is 4.90 Å². The Hall–Kier alpha value is -7.44. The molecule has 1 aliphatic rings. The van der Waals surface area contributed by atoms with E-state index in [1.54, 1.807) is 18.5 Å². The summed E-state index contributed by atoms with van der Waals surface area (Å²) in [4.78, 5) is 39.4. The van der Waals surface area contributed by atoms with Gasteiger partial charge in [0, 0.05) is 29.4 Å². The van der Waals surface area contributed by atoms with Crippen LogP contribution in [0.4, 0.5) is 5.69 Å². The highest BCUT2D eigenvalue weighted by molar-refractivity contribution is 6.36. The molecule has 0 saturated heterocycles. The van der Waals surface area contributed by atoms with E-state index in [9.17, 15) is 4.79 Å². The molecule has 6 nitrogen and oxygen atoms in total. The molecule has 0 spiro atoms. The minimum atomic E-state index is -0.368. The van der Waals surface area contributed by atoms with Crippen LogP contribution in [0.5, 0.6) is 0 Å². The molecule has 0 bridgehead atoms. The van der Waals surface area contributed by atoms with Gasteiger partial charge in [-0.15, -0.1) is 0 Å². The molecule has 274 valence electrons. The second-order valence-electron chi connectivity index (χ2n) is 14.3. The summed E-state index contributed by atoms with van der Waals surface area (Å²) in [6.45, 7) is 9.76. The Morgan fingerprint density at radius 3 is 1.98 bits per heavy atom. The number of amides is 2. The molecule has 0 radical (unpaired) electrons. The quantitative estimate of drug-likeness (QED) is 0.0885. The van der Waals surface area contributed by atoms with Crippen molar-refractivity contribution >= 4 is 51.6 Å². The molecule has 6 aromatic carbocycles. The molecule has 8 aromatic rings. The van der Waals surface area contributed by atoms with Crippen molar-refractivity contribution < 1.29 is 9.59 Å². The third kappa shape index (κ3) is 5.99. The summed E-state index contributed by atoms with van der Waals surface area (Å²) in [5.74, 6) is -0.725. The van der Waals surface area contributed by atoms with E-state index in [0.29, 0.717) is 22.5 Å². The largest absolute Gasteiger partial charge is 0.308 e. The number of nitrogens with zero attached hydrogens (tertiary/aromatic N) is 4. The highest BCUT2D eigenvalue weighted by atomic mass is 16.2. The van der Waals surface area contributed by atoms with Gasteiger partial charge >= 0.3 is 0 Å². The van der Waals surface area contributed by atoms with E-state index < -0.39 is 0 Å². The van der Waals surface area contributed by atoms with E-state index >= 15 is 4.79 Å². The first-order valence-corrected chi connectivity index (χ1v) is 18.9. The van der Waals surface area contributed by atoms with Crippen molar-refractivity contribution in [1.29, 1.82) is 0 Å². The topological polar surface area (TPSA) is 67.6 Å². The number of imide groups is 1. The number of rotatable bonds is 8. The summed E-state index contributed by atoms with van der Waals surface area (Å²) in [5.41, 5.74) is 13.7. The van der Waals surface area contributed by atoms with Gasteiger partial charge in [0.15, 0.2) is 0 Å². The van der Waals surface area contributed by atoms with Crippen molar-refractivity contribution in [3.05, 3.63) is 192 Å². The van der Waals surface area contributed by atoms with E-state index in [0.717, 1.165) is 77.5 Å². The normalized spacial score (nSPS) is 13.1. The molecule has 9 rings (SSSR count). The Kier molecular flexibility index (Phi) is 8.87. The number of hydrogen-bond donors (Lipinski definition) is 0. The van der Waals surface area contributed by atoms with Crippen LogP contribution in [0.3, 0.4) is 0 Å². The summed E-state index contributed by atoms with van der Waals surface area (Å²) in [6, 6.07) is 46.5. The van der Waals surface area contributed by atoms with Gasteiger partial charge < -0.3 is 4.57 Å². The summed E-state index contributed by atoms with van der Waals surface area (Å²) in [5, 5.41) is 2.06. The maximum absolute atomic E-state index is 15.1. The van der Waals surface area contributed by atoms with E-state index in [1.807, 2.05) is 111 Å². The highest BCUT2D eigenvalue weighted by Crippen LogP contribution is 2.42. The molecule has 6 heteroatoms. The first kappa shape index (κ1) is 35.3. The van der Waals surface area contributed by atoms with Crippen molar-refractivity contribution in [2.75, 3.05) is 4.90 Å². The van der Waals surface area contributed by atoms with Crippen molar-refractivity contribution in [2.24, 2.45) is 4.99 Å². The lowest BCUT2D eigenvalue weighted by Gasteiger charge is -2.18. The van der Waals surface area contributed by atoms with Gasteiger partial charge in [-0.05, 0) is 132 Å². The van der Waals surface area contributed by atoms with Gasteiger partial charge in [0.2, 0.25) is 0 Å². The number of pyridine rings is 1. The predicted molar refractivity (Wildman–Crippen MR) is 234 cm³/mol. The lowest BCUT2D eigenvalue weighted by molar-refractivity contribution is 0.0926. The summed E-state index contributed by atoms with van der Waals surface area (Å²) in [7, 11) is 0. The zero-order chi connectivity index (χ0) is 39.2. The van der Waals surface area contributed by atoms with Crippen LogP contribution >= 0.6 is 0 Å². The van der Waals surface area contributed by atoms with Gasteiger partial charge in [0.1, 0.15) is 0 Å². The fraction of sp³-hybridized carbons (Fsp3) is 0.0588. The van der Waals surface area contributed by atoms with Crippen molar-refractivity contribution in [3.8, 4) is 39.1 Å². The molecule has 0 fully saturated rings. The SMILES string of the molecule is C=N/C=C(C)\C(=C/C)c1ccc2c3ccc(-c4ccncc4C)cc3n(-c3cccc4c3C(=O)N(c3cc(-c5ccccc5)cc(-c5ccccc5)c3)C4=O)c2c1. The molecule has 1 aliphatic heterocycles. The third-order valence-corrected chi connectivity index (χ3v) is 10.9. The molecule has 2 amide bonds. The second-order valence-corrected chi connectivity index (χ2v) is 14.3. The van der Waals surface area contributed by atoms with E-state index in [1.165, 1.54) is 4.90 Å². The summed E-state index contributed by atoms with van der Waals surface area (Å²) in [6.07, 6.45) is 7.51. The number of anilines is 1. The molecular weight excluding hydrogens is 701 g/mol. The molecule has 57 heavy (non-hydrogen) atoms. The van der Waals surface area contributed by atoms with Gasteiger partial charge in [0.25, 0.3) is 11.8 Å². The fourth-order valence-corrected chi connectivity index (χ4v) is 8.26. The van der Waals surface area contributed by atoms with Gasteiger partial charge in [-0.1, -0.05) is 97.1 Å².